The van der Waals surface area contributed by atoms with Crippen LogP contribution in [0.1, 0.15) is 32.2 Å². The number of aromatic nitrogens is 3. The van der Waals surface area contributed by atoms with Gasteiger partial charge >= 0.3 is 0 Å². The fourth-order valence-corrected chi connectivity index (χ4v) is 1.43. The molecule has 92 valence electrons. The van der Waals surface area contributed by atoms with Crippen LogP contribution in [0, 0.1) is 0 Å². The number of nitrogens with one attached hydrogen (secondary N) is 1. The van der Waals surface area contributed by atoms with E-state index in [0.29, 0.717) is 13.1 Å². The van der Waals surface area contributed by atoms with Crippen molar-refractivity contribution in [1.29, 1.82) is 0 Å². The first kappa shape index (κ1) is 11.9. The Morgan fingerprint density at radius 3 is 2.76 bits per heavy atom. The summed E-state index contributed by atoms with van der Waals surface area (Å²) < 4.78 is 7.10. The van der Waals surface area contributed by atoms with Gasteiger partial charge in [-0.15, -0.1) is 5.10 Å². The molecule has 0 aliphatic carbocycles. The smallest absolute Gasteiger partial charge is 0.117 e. The topological polar surface area (TPSA) is 55.9 Å². The van der Waals surface area contributed by atoms with E-state index >= 15 is 0 Å². The summed E-state index contributed by atoms with van der Waals surface area (Å²) >= 11 is 0. The van der Waals surface area contributed by atoms with Gasteiger partial charge in [-0.3, -0.25) is 0 Å². The maximum Gasteiger partial charge on any atom is 0.117 e. The molecule has 0 bridgehead atoms. The molecule has 0 radical (unpaired) electrons. The van der Waals surface area contributed by atoms with E-state index in [1.165, 1.54) is 0 Å². The van der Waals surface area contributed by atoms with Gasteiger partial charge in [0, 0.05) is 6.54 Å². The van der Waals surface area contributed by atoms with Gasteiger partial charge in [0.2, 0.25) is 0 Å². The van der Waals surface area contributed by atoms with Gasteiger partial charge in [0.25, 0.3) is 0 Å². The van der Waals surface area contributed by atoms with E-state index in [4.69, 9.17) is 4.42 Å². The number of nitrogens with zero attached hydrogens (tertiary/aromatic N) is 3. The molecule has 0 unspecified atom stereocenters. The van der Waals surface area contributed by atoms with Crippen molar-refractivity contribution in [3.8, 4) is 0 Å². The minimum absolute atomic E-state index is 0.0216. The summed E-state index contributed by atoms with van der Waals surface area (Å²) in [6.07, 6.45) is 3.64. The fourth-order valence-electron chi connectivity index (χ4n) is 1.43. The van der Waals surface area contributed by atoms with Crippen molar-refractivity contribution in [2.24, 2.45) is 0 Å². The molecule has 0 fully saturated rings. The van der Waals surface area contributed by atoms with Crippen molar-refractivity contribution in [2.45, 2.75) is 39.4 Å². The lowest BCUT2D eigenvalue weighted by atomic mass is 10.1. The monoisotopic (exact) mass is 234 g/mol. The first-order valence-corrected chi connectivity index (χ1v) is 5.70. The highest BCUT2D eigenvalue weighted by Crippen LogP contribution is 2.11. The van der Waals surface area contributed by atoms with Crippen LogP contribution in [0.4, 0.5) is 0 Å². The Hall–Kier alpha value is -1.62. The van der Waals surface area contributed by atoms with Crippen molar-refractivity contribution >= 4 is 0 Å². The number of hydrogen-bond donors (Lipinski definition) is 1. The number of hydrogen-bond acceptors (Lipinski definition) is 4. The molecule has 5 nitrogen and oxygen atoms in total. The number of furan rings is 1. The van der Waals surface area contributed by atoms with Gasteiger partial charge in [-0.25, -0.2) is 4.68 Å². The molecular weight excluding hydrogens is 216 g/mol. The van der Waals surface area contributed by atoms with Gasteiger partial charge in [-0.05, 0) is 32.9 Å². The Morgan fingerprint density at radius 1 is 1.35 bits per heavy atom. The van der Waals surface area contributed by atoms with Gasteiger partial charge < -0.3 is 9.73 Å². The Morgan fingerprint density at radius 2 is 2.18 bits per heavy atom. The van der Waals surface area contributed by atoms with Gasteiger partial charge in [0.1, 0.15) is 5.76 Å². The molecule has 5 heteroatoms. The van der Waals surface area contributed by atoms with E-state index < -0.39 is 0 Å². The third-order valence-corrected chi connectivity index (χ3v) is 2.41. The van der Waals surface area contributed by atoms with Crippen molar-refractivity contribution in [2.75, 3.05) is 0 Å². The summed E-state index contributed by atoms with van der Waals surface area (Å²) in [6, 6.07) is 3.83. The summed E-state index contributed by atoms with van der Waals surface area (Å²) in [4.78, 5) is 0. The van der Waals surface area contributed by atoms with Crippen LogP contribution in [0.5, 0.6) is 0 Å². The Labute approximate surface area is 101 Å². The molecule has 0 atom stereocenters. The van der Waals surface area contributed by atoms with Crippen molar-refractivity contribution in [1.82, 2.24) is 20.3 Å². The minimum Gasteiger partial charge on any atom is -0.468 e. The quantitative estimate of drug-likeness (QED) is 0.878. The van der Waals surface area contributed by atoms with Gasteiger partial charge in [0.05, 0.1) is 30.2 Å². The molecule has 1 N–H and O–H groups in total. The largest absolute Gasteiger partial charge is 0.468 e. The lowest BCUT2D eigenvalue weighted by Crippen LogP contribution is -2.22. The van der Waals surface area contributed by atoms with Crippen LogP contribution < -0.4 is 5.32 Å². The fraction of sp³-hybridized carbons (Fsp3) is 0.500. The van der Waals surface area contributed by atoms with Crippen LogP contribution >= 0.6 is 0 Å². The molecule has 2 heterocycles. The molecule has 0 aliphatic rings. The molecule has 0 amide bonds. The zero-order valence-corrected chi connectivity index (χ0v) is 10.5. The van der Waals surface area contributed by atoms with Crippen LogP contribution in [0.3, 0.4) is 0 Å². The van der Waals surface area contributed by atoms with Crippen LogP contribution in [0.2, 0.25) is 0 Å². The van der Waals surface area contributed by atoms with Crippen LogP contribution in [-0.2, 0) is 18.6 Å². The van der Waals surface area contributed by atoms with Crippen molar-refractivity contribution in [3.63, 3.8) is 0 Å². The Kier molecular flexibility index (Phi) is 3.28. The second-order valence-corrected chi connectivity index (χ2v) is 5.01. The molecule has 0 saturated heterocycles. The average molecular weight is 234 g/mol. The van der Waals surface area contributed by atoms with Crippen LogP contribution in [0.25, 0.3) is 0 Å². The SMILES string of the molecule is CC(C)(C)n1cc(CNCc2ccco2)nn1. The van der Waals surface area contributed by atoms with E-state index in [-0.39, 0.29) is 5.54 Å². The molecule has 0 saturated carbocycles. The molecule has 0 aliphatic heterocycles. The molecule has 17 heavy (non-hydrogen) atoms. The zero-order chi connectivity index (χ0) is 12.3. The highest BCUT2D eigenvalue weighted by atomic mass is 16.3. The second-order valence-electron chi connectivity index (χ2n) is 5.01. The standard InChI is InChI=1S/C12H18N4O/c1-12(2,3)16-9-10(14-15-16)7-13-8-11-5-4-6-17-11/h4-6,9,13H,7-8H2,1-3H3. The normalized spacial score (nSPS) is 11.9. The zero-order valence-electron chi connectivity index (χ0n) is 10.5. The van der Waals surface area contributed by atoms with E-state index in [1.54, 1.807) is 6.26 Å². The van der Waals surface area contributed by atoms with Gasteiger partial charge in [-0.1, -0.05) is 5.21 Å². The van der Waals surface area contributed by atoms with E-state index in [9.17, 15) is 0 Å². The van der Waals surface area contributed by atoms with Crippen molar-refractivity contribution in [3.05, 3.63) is 36.0 Å². The third kappa shape index (κ3) is 3.17. The first-order chi connectivity index (χ1) is 8.05. The first-order valence-electron chi connectivity index (χ1n) is 5.70. The number of rotatable bonds is 4. The lowest BCUT2D eigenvalue weighted by Gasteiger charge is -2.17. The molecule has 2 aromatic rings. The second kappa shape index (κ2) is 4.71. The minimum atomic E-state index is -0.0216. The lowest BCUT2D eigenvalue weighted by molar-refractivity contribution is 0.347. The Bertz CT molecular complexity index is 453. The maximum atomic E-state index is 5.23. The highest BCUT2D eigenvalue weighted by Gasteiger charge is 2.14. The predicted molar refractivity (Wildman–Crippen MR) is 64.3 cm³/mol. The molecule has 0 aromatic carbocycles. The average Bonchev–Trinajstić information content (AvgIpc) is 2.86. The van der Waals surface area contributed by atoms with E-state index in [2.05, 4.69) is 36.4 Å². The molecule has 2 rings (SSSR count). The van der Waals surface area contributed by atoms with Crippen LogP contribution in [0.15, 0.2) is 29.0 Å². The third-order valence-electron chi connectivity index (χ3n) is 2.41. The summed E-state index contributed by atoms with van der Waals surface area (Å²) in [5.74, 6) is 0.924. The van der Waals surface area contributed by atoms with Crippen LogP contribution in [-0.4, -0.2) is 15.0 Å². The molecule has 2 aromatic heterocycles. The molecule has 0 spiro atoms. The van der Waals surface area contributed by atoms with Crippen molar-refractivity contribution < 1.29 is 4.42 Å². The summed E-state index contributed by atoms with van der Waals surface area (Å²) in [5, 5.41) is 11.5. The van der Waals surface area contributed by atoms with E-state index in [1.807, 2.05) is 23.0 Å². The predicted octanol–water partition coefficient (Wildman–Crippen LogP) is 1.92. The summed E-state index contributed by atoms with van der Waals surface area (Å²) in [6.45, 7) is 7.69. The summed E-state index contributed by atoms with van der Waals surface area (Å²) in [7, 11) is 0. The van der Waals surface area contributed by atoms with E-state index in [0.717, 1.165) is 11.5 Å². The highest BCUT2D eigenvalue weighted by molar-refractivity contribution is 4.99. The maximum absolute atomic E-state index is 5.23. The van der Waals surface area contributed by atoms with Gasteiger partial charge in [0.15, 0.2) is 0 Å². The Balaban J connectivity index is 1.85. The summed E-state index contributed by atoms with van der Waals surface area (Å²) in [5.41, 5.74) is 0.915. The molecular formula is C12H18N4O. The van der Waals surface area contributed by atoms with Gasteiger partial charge in [-0.2, -0.15) is 0 Å².